The van der Waals surface area contributed by atoms with E-state index in [0.29, 0.717) is 5.92 Å². The smallest absolute Gasteiger partial charge is 0.0624 e. The first-order chi connectivity index (χ1) is 5.24. The van der Waals surface area contributed by atoms with Crippen molar-refractivity contribution < 1.29 is 0 Å². The Morgan fingerprint density at radius 3 is 2.82 bits per heavy atom. The minimum atomic E-state index is 0.433. The van der Waals surface area contributed by atoms with E-state index in [1.165, 1.54) is 0 Å². The summed E-state index contributed by atoms with van der Waals surface area (Å²) in [5.41, 5.74) is 2.15. The lowest BCUT2D eigenvalue weighted by atomic mass is 10.1. The van der Waals surface area contributed by atoms with Gasteiger partial charge in [0, 0.05) is 11.6 Å². The van der Waals surface area contributed by atoms with Crippen LogP contribution in [0.25, 0.3) is 0 Å². The molecule has 0 bridgehead atoms. The van der Waals surface area contributed by atoms with Crippen LogP contribution < -0.4 is 0 Å². The van der Waals surface area contributed by atoms with Gasteiger partial charge in [0.15, 0.2) is 0 Å². The van der Waals surface area contributed by atoms with E-state index >= 15 is 0 Å². The zero-order valence-corrected chi connectivity index (χ0v) is 7.33. The van der Waals surface area contributed by atoms with Crippen molar-refractivity contribution in [3.05, 3.63) is 12.2 Å². The predicted molar refractivity (Wildman–Crippen MR) is 49.1 cm³/mol. The van der Waals surface area contributed by atoms with Gasteiger partial charge in [-0.25, -0.2) is 0 Å². The second-order valence-electron chi connectivity index (χ2n) is 2.83. The Kier molecular flexibility index (Phi) is 2.58. The van der Waals surface area contributed by atoms with Gasteiger partial charge in [0.25, 0.3) is 0 Å². The second kappa shape index (κ2) is 3.46. The van der Waals surface area contributed by atoms with E-state index in [2.05, 4.69) is 36.2 Å². The van der Waals surface area contributed by atoms with E-state index in [1.807, 2.05) is 6.92 Å². The topological polar surface area (TPSA) is 24.7 Å². The summed E-state index contributed by atoms with van der Waals surface area (Å²) in [7, 11) is 0. The number of nitrogens with zero attached hydrogens (tertiary/aromatic N) is 2. The minimum Gasteiger partial charge on any atom is -0.160 e. The van der Waals surface area contributed by atoms with Crippen LogP contribution in [0.3, 0.4) is 0 Å². The third kappa shape index (κ3) is 2.00. The molecule has 0 aromatic rings. The summed E-state index contributed by atoms with van der Waals surface area (Å²) in [6.45, 7) is 6.23. The average molecular weight is 150 g/mol. The molecule has 2 nitrogen and oxygen atoms in total. The van der Waals surface area contributed by atoms with Crippen LogP contribution in [0.5, 0.6) is 0 Å². The highest BCUT2D eigenvalue weighted by Crippen LogP contribution is 2.06. The van der Waals surface area contributed by atoms with Crippen molar-refractivity contribution in [1.29, 1.82) is 0 Å². The number of hydrogen-bond donors (Lipinski definition) is 0. The lowest BCUT2D eigenvalue weighted by Gasteiger charge is -1.99. The molecule has 1 rings (SSSR count). The molecule has 60 valence electrons. The first kappa shape index (κ1) is 8.18. The monoisotopic (exact) mass is 150 g/mol. The summed E-state index contributed by atoms with van der Waals surface area (Å²) in [6, 6.07) is 0. The first-order valence-electron chi connectivity index (χ1n) is 4.03. The summed E-state index contributed by atoms with van der Waals surface area (Å²) < 4.78 is 0. The van der Waals surface area contributed by atoms with Gasteiger partial charge in [-0.1, -0.05) is 19.9 Å². The molecule has 1 heterocycles. The standard InChI is InChI=1S/C9H14N2/c1-4-9-6-5-7(2)8(3)10-11-9/h5-7H,4H2,1-3H3. The third-order valence-electron chi connectivity index (χ3n) is 1.93. The molecule has 2 heteroatoms. The molecule has 0 saturated carbocycles. The van der Waals surface area contributed by atoms with Crippen LogP contribution in [0.2, 0.25) is 0 Å². The molecule has 1 aliphatic heterocycles. The number of hydrogen-bond acceptors (Lipinski definition) is 2. The van der Waals surface area contributed by atoms with Crippen molar-refractivity contribution in [3.63, 3.8) is 0 Å². The molecule has 11 heavy (non-hydrogen) atoms. The van der Waals surface area contributed by atoms with Gasteiger partial charge in [-0.15, -0.1) is 0 Å². The van der Waals surface area contributed by atoms with E-state index in [9.17, 15) is 0 Å². The van der Waals surface area contributed by atoms with Crippen molar-refractivity contribution in [3.8, 4) is 0 Å². The lowest BCUT2D eigenvalue weighted by molar-refractivity contribution is 0.980. The van der Waals surface area contributed by atoms with Crippen molar-refractivity contribution in [1.82, 2.24) is 0 Å². The van der Waals surface area contributed by atoms with Crippen LogP contribution in [0, 0.1) is 5.92 Å². The summed E-state index contributed by atoms with van der Waals surface area (Å²) >= 11 is 0. The maximum Gasteiger partial charge on any atom is 0.0624 e. The Hall–Kier alpha value is -0.920. The molecule has 0 aliphatic carbocycles. The van der Waals surface area contributed by atoms with E-state index in [-0.39, 0.29) is 0 Å². The van der Waals surface area contributed by atoms with Crippen LogP contribution in [0.4, 0.5) is 0 Å². The molecule has 0 radical (unpaired) electrons. The molecule has 1 atom stereocenters. The van der Waals surface area contributed by atoms with Crippen LogP contribution in [-0.2, 0) is 0 Å². The van der Waals surface area contributed by atoms with Gasteiger partial charge in [0.05, 0.1) is 5.71 Å². The van der Waals surface area contributed by atoms with Gasteiger partial charge >= 0.3 is 0 Å². The van der Waals surface area contributed by atoms with Crippen LogP contribution in [-0.4, -0.2) is 11.4 Å². The summed E-state index contributed by atoms with van der Waals surface area (Å²) in [5, 5.41) is 8.19. The van der Waals surface area contributed by atoms with E-state index < -0.39 is 0 Å². The average Bonchev–Trinajstić information content (AvgIpc) is 2.16. The van der Waals surface area contributed by atoms with Gasteiger partial charge < -0.3 is 0 Å². The fraction of sp³-hybridized carbons (Fsp3) is 0.556. The molecular formula is C9H14N2. The van der Waals surface area contributed by atoms with Gasteiger partial charge in [-0.3, -0.25) is 0 Å². The van der Waals surface area contributed by atoms with Crippen molar-refractivity contribution in [2.24, 2.45) is 16.1 Å². The highest BCUT2D eigenvalue weighted by atomic mass is 15.2. The molecule has 1 unspecified atom stereocenters. The normalized spacial score (nSPS) is 24.1. The largest absolute Gasteiger partial charge is 0.160 e. The Bertz CT molecular complexity index is 224. The Morgan fingerprint density at radius 2 is 2.18 bits per heavy atom. The molecule has 0 aromatic heterocycles. The van der Waals surface area contributed by atoms with E-state index in [0.717, 1.165) is 17.8 Å². The molecule has 0 spiro atoms. The SMILES string of the molecule is CCC1=NN=C(C)C(C)C=C1. The number of rotatable bonds is 1. The summed E-state index contributed by atoms with van der Waals surface area (Å²) in [4.78, 5) is 0. The van der Waals surface area contributed by atoms with Gasteiger partial charge in [0.1, 0.15) is 0 Å². The van der Waals surface area contributed by atoms with Crippen molar-refractivity contribution in [2.45, 2.75) is 27.2 Å². The number of allylic oxidation sites excluding steroid dienone is 2. The Labute approximate surface area is 67.7 Å². The fourth-order valence-corrected chi connectivity index (χ4v) is 0.851. The zero-order chi connectivity index (χ0) is 8.27. The second-order valence-corrected chi connectivity index (χ2v) is 2.83. The molecular weight excluding hydrogens is 136 g/mol. The molecule has 0 fully saturated rings. The maximum absolute atomic E-state index is 4.10. The van der Waals surface area contributed by atoms with E-state index in [1.54, 1.807) is 0 Å². The minimum absolute atomic E-state index is 0.433. The third-order valence-corrected chi connectivity index (χ3v) is 1.93. The first-order valence-corrected chi connectivity index (χ1v) is 4.03. The molecule has 0 amide bonds. The highest BCUT2D eigenvalue weighted by Gasteiger charge is 2.04. The lowest BCUT2D eigenvalue weighted by Crippen LogP contribution is -2.01. The van der Waals surface area contributed by atoms with Gasteiger partial charge in [-0.2, -0.15) is 10.2 Å². The zero-order valence-electron chi connectivity index (χ0n) is 7.33. The van der Waals surface area contributed by atoms with Crippen molar-refractivity contribution in [2.75, 3.05) is 0 Å². The van der Waals surface area contributed by atoms with Gasteiger partial charge in [-0.05, 0) is 19.4 Å². The highest BCUT2D eigenvalue weighted by molar-refractivity contribution is 5.98. The van der Waals surface area contributed by atoms with Gasteiger partial charge in [0.2, 0.25) is 0 Å². The Morgan fingerprint density at radius 1 is 1.45 bits per heavy atom. The molecule has 0 aromatic carbocycles. The quantitative estimate of drug-likeness (QED) is 0.548. The predicted octanol–water partition coefficient (Wildman–Crippen LogP) is 2.42. The molecule has 0 saturated heterocycles. The van der Waals surface area contributed by atoms with Crippen LogP contribution in [0.15, 0.2) is 22.4 Å². The fourth-order valence-electron chi connectivity index (χ4n) is 0.851. The maximum atomic E-state index is 4.10. The van der Waals surface area contributed by atoms with Crippen molar-refractivity contribution >= 4 is 11.4 Å². The van der Waals surface area contributed by atoms with Crippen LogP contribution in [0.1, 0.15) is 27.2 Å². The molecule has 0 N–H and O–H groups in total. The van der Waals surface area contributed by atoms with E-state index in [4.69, 9.17) is 0 Å². The Balaban J connectivity index is 2.84. The summed E-state index contributed by atoms with van der Waals surface area (Å²) in [5.74, 6) is 0.433. The summed E-state index contributed by atoms with van der Waals surface area (Å²) in [6.07, 6.45) is 5.17. The van der Waals surface area contributed by atoms with Crippen LogP contribution >= 0.6 is 0 Å². The molecule has 1 aliphatic rings.